The second kappa shape index (κ2) is 15.8. The van der Waals surface area contributed by atoms with E-state index in [9.17, 15) is 5.26 Å². The van der Waals surface area contributed by atoms with Gasteiger partial charge in [0.2, 0.25) is 0 Å². The molecule has 1 fully saturated rings. The molecule has 0 saturated carbocycles. The Morgan fingerprint density at radius 2 is 1.63 bits per heavy atom. The van der Waals surface area contributed by atoms with E-state index in [4.69, 9.17) is 14.7 Å². The van der Waals surface area contributed by atoms with E-state index < -0.39 is 0 Å². The molecule has 10 atom stereocenters. The molecule has 310 valence electrons. The Kier molecular flexibility index (Phi) is 9.80. The molecule has 10 unspecified atom stereocenters. The van der Waals surface area contributed by atoms with E-state index in [-0.39, 0.29) is 47.7 Å². The highest BCUT2D eigenvalue weighted by Gasteiger charge is 2.47. The number of likely N-dealkylation sites (N-methyl/N-ethyl adjacent to an activating group) is 1. The quantitative estimate of drug-likeness (QED) is 0.278. The van der Waals surface area contributed by atoms with Crippen molar-refractivity contribution in [1.82, 2.24) is 4.90 Å². The van der Waals surface area contributed by atoms with Crippen LogP contribution in [0.2, 0.25) is 0 Å². The number of fused-ring (bicyclic) bond motifs is 7. The number of nitrogens with zero attached hydrogens (tertiary/aromatic N) is 6. The van der Waals surface area contributed by atoms with Crippen LogP contribution in [-0.2, 0) is 4.74 Å². The second-order valence-corrected chi connectivity index (χ2v) is 20.3. The number of para-hydroxylation sites is 2. The molecule has 4 heterocycles. The number of rotatable bonds is 5. The summed E-state index contributed by atoms with van der Waals surface area (Å²) in [6, 6.07) is 20.7. The molecule has 0 spiro atoms. The maximum absolute atomic E-state index is 11.4. The molecule has 2 aromatic carbocycles. The summed E-state index contributed by atoms with van der Waals surface area (Å²) in [5, 5.41) is 11.9. The van der Waals surface area contributed by atoms with Gasteiger partial charge in [0.1, 0.15) is 18.1 Å². The summed E-state index contributed by atoms with van der Waals surface area (Å²) in [4.78, 5) is 21.5. The van der Waals surface area contributed by atoms with E-state index in [1.807, 2.05) is 23.5 Å². The highest BCUT2D eigenvalue weighted by molar-refractivity contribution is 8.00. The van der Waals surface area contributed by atoms with Gasteiger partial charge in [-0.05, 0) is 80.0 Å². The Morgan fingerprint density at radius 3 is 2.50 bits per heavy atom. The zero-order valence-corrected chi connectivity index (χ0v) is 36.5. The van der Waals surface area contributed by atoms with Gasteiger partial charge < -0.3 is 19.4 Å². The standard InChI is InChI=1S/C53H50N6OS2/c1-57-52(33-15-3-2-4-16-33)55-51(56-53(57)34-27-28-46-37(29-34)36-17-5-10-22-45(36)60-46)38-30-35(32-54)43(58-39-18-6-11-23-47(39)61-48-24-12-7-19-40(48)58)31-44(38)59-41-20-8-13-25-49(41)62-50-26-14-9-21-42(50)59/h2-8,10-15,17-20,23-27,30,33,37,39,42,44-47,50,52H,9,16,21-22,28-29,31H2,1H3. The van der Waals surface area contributed by atoms with Crippen molar-refractivity contribution in [3.8, 4) is 6.07 Å². The van der Waals surface area contributed by atoms with Crippen LogP contribution in [0, 0.1) is 23.2 Å². The molecular weight excluding hydrogens is 801 g/mol. The molecule has 4 aliphatic heterocycles. The third kappa shape index (κ3) is 6.43. The van der Waals surface area contributed by atoms with Gasteiger partial charge in [0.25, 0.3) is 0 Å². The molecule has 6 aliphatic carbocycles. The average Bonchev–Trinajstić information content (AvgIpc) is 3.70. The molecule has 0 radical (unpaired) electrons. The van der Waals surface area contributed by atoms with Crippen LogP contribution in [0.3, 0.4) is 0 Å². The van der Waals surface area contributed by atoms with Crippen LogP contribution >= 0.6 is 23.5 Å². The topological polar surface area (TPSA) is 67.5 Å². The van der Waals surface area contributed by atoms with Gasteiger partial charge in [-0.3, -0.25) is 0 Å². The minimum atomic E-state index is -0.153. The lowest BCUT2D eigenvalue weighted by molar-refractivity contribution is 0.0390. The number of hydrogen-bond donors (Lipinski definition) is 0. The zero-order valence-electron chi connectivity index (χ0n) is 34.9. The number of anilines is 2. The normalized spacial score (nSPS) is 33.8. The van der Waals surface area contributed by atoms with Gasteiger partial charge in [-0.25, -0.2) is 9.98 Å². The van der Waals surface area contributed by atoms with Crippen LogP contribution in [0.15, 0.2) is 187 Å². The van der Waals surface area contributed by atoms with Gasteiger partial charge in [0.15, 0.2) is 5.84 Å². The van der Waals surface area contributed by atoms with Crippen LogP contribution in [0.25, 0.3) is 0 Å². The van der Waals surface area contributed by atoms with E-state index in [0.29, 0.717) is 23.2 Å². The first-order chi connectivity index (χ1) is 30.6. The first-order valence-corrected chi connectivity index (χ1v) is 24.3. The van der Waals surface area contributed by atoms with E-state index >= 15 is 0 Å². The Labute approximate surface area is 373 Å². The van der Waals surface area contributed by atoms with Crippen molar-refractivity contribution in [2.75, 3.05) is 16.8 Å². The predicted molar refractivity (Wildman–Crippen MR) is 255 cm³/mol. The maximum atomic E-state index is 11.4. The lowest BCUT2D eigenvalue weighted by Crippen LogP contribution is -2.55. The number of benzene rings is 2. The fraction of sp³-hybridized carbons (Fsp3) is 0.340. The van der Waals surface area contributed by atoms with E-state index in [1.54, 1.807) is 0 Å². The molecule has 9 heteroatoms. The van der Waals surface area contributed by atoms with Crippen LogP contribution in [-0.4, -0.2) is 70.6 Å². The summed E-state index contributed by atoms with van der Waals surface area (Å²) in [5.41, 5.74) is 7.95. The second-order valence-electron chi connectivity index (χ2n) is 17.9. The molecule has 62 heavy (non-hydrogen) atoms. The first kappa shape index (κ1) is 38.4. The van der Waals surface area contributed by atoms with Crippen molar-refractivity contribution in [3.63, 3.8) is 0 Å². The molecule has 0 bridgehead atoms. The van der Waals surface area contributed by atoms with Gasteiger partial charge in [-0.2, -0.15) is 5.26 Å². The third-order valence-corrected chi connectivity index (χ3v) is 17.1. The molecule has 12 rings (SSSR count). The number of hydrogen-bond acceptors (Lipinski definition) is 9. The Hall–Kier alpha value is -5.27. The Bertz CT molecular complexity index is 2630. The first-order valence-electron chi connectivity index (χ1n) is 22.5. The number of allylic oxidation sites excluding steroid dienone is 10. The number of amidine groups is 2. The van der Waals surface area contributed by atoms with Gasteiger partial charge in [-0.15, -0.1) is 23.5 Å². The van der Waals surface area contributed by atoms with Crippen molar-refractivity contribution < 1.29 is 4.74 Å². The van der Waals surface area contributed by atoms with Gasteiger partial charge in [-0.1, -0.05) is 109 Å². The Balaban J connectivity index is 1.04. The molecule has 0 amide bonds. The molecule has 1 saturated heterocycles. The molecular formula is C53H50N6OS2. The zero-order chi connectivity index (χ0) is 41.3. The highest BCUT2D eigenvalue weighted by atomic mass is 32.2. The van der Waals surface area contributed by atoms with Gasteiger partial charge >= 0.3 is 0 Å². The molecule has 0 N–H and O–H groups in total. The molecule has 0 aromatic heterocycles. The maximum Gasteiger partial charge on any atom is 0.157 e. The lowest BCUT2D eigenvalue weighted by Gasteiger charge is -2.51. The summed E-state index contributed by atoms with van der Waals surface area (Å²) in [7, 11) is 2.19. The fourth-order valence-electron chi connectivity index (χ4n) is 11.6. The summed E-state index contributed by atoms with van der Waals surface area (Å²) in [5.74, 6) is 2.29. The van der Waals surface area contributed by atoms with Gasteiger partial charge in [0.05, 0.1) is 46.5 Å². The number of ether oxygens (including phenoxy) is 1. The van der Waals surface area contributed by atoms with Crippen LogP contribution in [0.5, 0.6) is 0 Å². The lowest BCUT2D eigenvalue weighted by atomic mass is 9.79. The summed E-state index contributed by atoms with van der Waals surface area (Å²) in [6.07, 6.45) is 40.7. The largest absolute Gasteiger partial charge is 0.369 e. The third-order valence-electron chi connectivity index (χ3n) is 14.5. The van der Waals surface area contributed by atoms with E-state index in [1.165, 1.54) is 32.3 Å². The Morgan fingerprint density at radius 1 is 0.823 bits per heavy atom. The van der Waals surface area contributed by atoms with Crippen molar-refractivity contribution >= 4 is 46.6 Å². The number of nitriles is 1. The van der Waals surface area contributed by atoms with Crippen LogP contribution in [0.4, 0.5) is 11.4 Å². The summed E-state index contributed by atoms with van der Waals surface area (Å²) in [6.45, 7) is 0. The van der Waals surface area contributed by atoms with Gasteiger partial charge in [0, 0.05) is 57.7 Å². The van der Waals surface area contributed by atoms with E-state index in [2.05, 4.69) is 167 Å². The van der Waals surface area contributed by atoms with Crippen molar-refractivity contribution in [1.29, 1.82) is 5.26 Å². The molecule has 7 nitrogen and oxygen atoms in total. The molecule has 2 aromatic rings. The fourth-order valence-corrected chi connectivity index (χ4v) is 14.2. The van der Waals surface area contributed by atoms with Crippen molar-refractivity contribution in [2.24, 2.45) is 21.8 Å². The minimum Gasteiger partial charge on any atom is -0.369 e. The smallest absolute Gasteiger partial charge is 0.157 e. The summed E-state index contributed by atoms with van der Waals surface area (Å²) < 4.78 is 6.63. The predicted octanol–water partition coefficient (Wildman–Crippen LogP) is 10.8. The SMILES string of the molecule is CN1C(C2=CCC3OC4CC=CC=C4C3C2)=NC(C2=CC(C#N)=C(N3c4ccccc4SC4C=CC=CC43)CC2N2c3ccccc3SC3C=CCCC32)=NC1C1C=CC=CC1. The number of thioether (sulfide) groups is 2. The average molecular weight is 851 g/mol. The monoisotopic (exact) mass is 850 g/mol. The number of aliphatic imine (C=N–C) groups is 2. The minimum absolute atomic E-state index is 0.0835. The summed E-state index contributed by atoms with van der Waals surface area (Å²) >= 11 is 3.91. The van der Waals surface area contributed by atoms with Crippen LogP contribution < -0.4 is 9.80 Å². The highest BCUT2D eigenvalue weighted by Crippen LogP contribution is 2.52. The van der Waals surface area contributed by atoms with E-state index in [0.717, 1.165) is 61.5 Å². The van der Waals surface area contributed by atoms with Crippen molar-refractivity contribution in [2.45, 2.75) is 102 Å². The van der Waals surface area contributed by atoms with Crippen LogP contribution in [0.1, 0.15) is 44.9 Å². The van der Waals surface area contributed by atoms with Crippen molar-refractivity contribution in [3.05, 3.63) is 168 Å². The molecule has 10 aliphatic rings.